The van der Waals surface area contributed by atoms with E-state index < -0.39 is 0 Å². The minimum atomic E-state index is -0.287. The number of hydrogen-bond donors (Lipinski definition) is 3. The number of amides is 2. The predicted octanol–water partition coefficient (Wildman–Crippen LogP) is 3.88. The van der Waals surface area contributed by atoms with Crippen molar-refractivity contribution < 1.29 is 9.59 Å². The molecule has 5 nitrogen and oxygen atoms in total. The highest BCUT2D eigenvalue weighted by Crippen LogP contribution is 2.20. The van der Waals surface area contributed by atoms with Gasteiger partial charge in [-0.15, -0.1) is 11.3 Å². The van der Waals surface area contributed by atoms with Gasteiger partial charge in [0, 0.05) is 18.8 Å². The molecule has 144 valence electrons. The highest BCUT2D eigenvalue weighted by atomic mass is 32.1. The van der Waals surface area contributed by atoms with Crippen LogP contribution in [-0.2, 0) is 17.9 Å². The van der Waals surface area contributed by atoms with Crippen molar-refractivity contribution >= 4 is 28.8 Å². The molecular weight excluding hydrogens is 370 g/mol. The second-order valence-corrected chi connectivity index (χ2v) is 7.46. The molecule has 0 aliphatic carbocycles. The van der Waals surface area contributed by atoms with Crippen LogP contribution in [0.5, 0.6) is 0 Å². The smallest absolute Gasteiger partial charge is 0.265 e. The Morgan fingerprint density at radius 3 is 2.29 bits per heavy atom. The van der Waals surface area contributed by atoms with Crippen LogP contribution in [0.3, 0.4) is 0 Å². The van der Waals surface area contributed by atoms with E-state index in [0.29, 0.717) is 23.7 Å². The summed E-state index contributed by atoms with van der Waals surface area (Å²) < 4.78 is 0. The minimum Gasteiger partial charge on any atom is -0.352 e. The largest absolute Gasteiger partial charge is 0.352 e. The fourth-order valence-electron chi connectivity index (χ4n) is 2.74. The molecular formula is C22H23N3O2S. The highest BCUT2D eigenvalue weighted by Gasteiger charge is 2.15. The van der Waals surface area contributed by atoms with Gasteiger partial charge in [-0.05, 0) is 47.2 Å². The number of rotatable bonds is 7. The van der Waals surface area contributed by atoms with Crippen molar-refractivity contribution in [2.24, 2.45) is 5.73 Å². The van der Waals surface area contributed by atoms with Gasteiger partial charge in [-0.2, -0.15) is 0 Å². The van der Waals surface area contributed by atoms with Crippen LogP contribution in [0.2, 0.25) is 0 Å². The lowest BCUT2D eigenvalue weighted by atomic mass is 10.00. The Morgan fingerprint density at radius 1 is 1.00 bits per heavy atom. The maximum Gasteiger partial charge on any atom is 0.265 e. The van der Waals surface area contributed by atoms with Crippen molar-refractivity contribution in [3.05, 3.63) is 87.6 Å². The molecule has 1 unspecified atom stereocenters. The monoisotopic (exact) mass is 393 g/mol. The number of carbonyl (C=O) groups is 2. The van der Waals surface area contributed by atoms with E-state index in [0.717, 1.165) is 16.7 Å². The molecule has 2 aromatic carbocycles. The van der Waals surface area contributed by atoms with Crippen LogP contribution >= 0.6 is 11.3 Å². The van der Waals surface area contributed by atoms with Crippen LogP contribution < -0.4 is 16.4 Å². The molecule has 2 amide bonds. The van der Waals surface area contributed by atoms with Crippen LogP contribution in [0.1, 0.15) is 39.2 Å². The van der Waals surface area contributed by atoms with Crippen molar-refractivity contribution in [1.29, 1.82) is 0 Å². The second-order valence-electron chi connectivity index (χ2n) is 6.51. The van der Waals surface area contributed by atoms with Gasteiger partial charge in [0.2, 0.25) is 5.91 Å². The molecule has 0 saturated heterocycles. The first-order valence-corrected chi connectivity index (χ1v) is 9.95. The zero-order chi connectivity index (χ0) is 19.9. The fraction of sp³-hybridized carbons (Fsp3) is 0.182. The Bertz CT molecular complexity index is 919. The Kier molecular flexibility index (Phi) is 6.57. The first kappa shape index (κ1) is 19.8. The molecule has 0 radical (unpaired) electrons. The number of hydrogen-bond acceptors (Lipinski definition) is 4. The lowest BCUT2D eigenvalue weighted by Gasteiger charge is -2.14. The maximum absolute atomic E-state index is 12.5. The van der Waals surface area contributed by atoms with Gasteiger partial charge in [-0.3, -0.25) is 9.59 Å². The van der Waals surface area contributed by atoms with Crippen molar-refractivity contribution in [2.75, 3.05) is 5.32 Å². The van der Waals surface area contributed by atoms with Crippen molar-refractivity contribution in [2.45, 2.75) is 25.9 Å². The average molecular weight is 394 g/mol. The average Bonchev–Trinajstić information content (AvgIpc) is 3.27. The molecule has 0 aliphatic rings. The van der Waals surface area contributed by atoms with Gasteiger partial charge in [-0.25, -0.2) is 0 Å². The summed E-state index contributed by atoms with van der Waals surface area (Å²) in [4.78, 5) is 25.2. The molecule has 1 heterocycles. The lowest BCUT2D eigenvalue weighted by molar-refractivity contribution is -0.122. The second kappa shape index (κ2) is 9.30. The Labute approximate surface area is 168 Å². The quantitative estimate of drug-likeness (QED) is 0.569. The molecule has 3 aromatic rings. The van der Waals surface area contributed by atoms with Crippen LogP contribution in [0.4, 0.5) is 5.69 Å². The van der Waals surface area contributed by atoms with E-state index in [1.807, 2.05) is 66.9 Å². The van der Waals surface area contributed by atoms with Crippen LogP contribution in [0.25, 0.3) is 0 Å². The first-order valence-electron chi connectivity index (χ1n) is 9.07. The highest BCUT2D eigenvalue weighted by molar-refractivity contribution is 7.12. The topological polar surface area (TPSA) is 84.2 Å². The van der Waals surface area contributed by atoms with Crippen LogP contribution in [-0.4, -0.2) is 11.8 Å². The molecule has 6 heteroatoms. The molecule has 0 spiro atoms. The van der Waals surface area contributed by atoms with Gasteiger partial charge in [0.1, 0.15) is 0 Å². The number of benzene rings is 2. The van der Waals surface area contributed by atoms with Gasteiger partial charge in [0.25, 0.3) is 5.91 Å². The Morgan fingerprint density at radius 2 is 1.68 bits per heavy atom. The molecule has 1 atom stereocenters. The number of carbonyl (C=O) groups excluding carboxylic acids is 2. The third-order valence-corrected chi connectivity index (χ3v) is 5.40. The zero-order valence-electron chi connectivity index (χ0n) is 15.6. The third-order valence-electron chi connectivity index (χ3n) is 4.53. The molecule has 28 heavy (non-hydrogen) atoms. The summed E-state index contributed by atoms with van der Waals surface area (Å²) in [6, 6.07) is 18.9. The third kappa shape index (κ3) is 5.06. The molecule has 4 N–H and O–H groups in total. The summed E-state index contributed by atoms with van der Waals surface area (Å²) in [5.74, 6) is -0.460. The minimum absolute atomic E-state index is 0.0433. The van der Waals surface area contributed by atoms with Crippen LogP contribution in [0, 0.1) is 0 Å². The van der Waals surface area contributed by atoms with E-state index in [-0.39, 0.29) is 17.7 Å². The Hall–Kier alpha value is -2.96. The summed E-state index contributed by atoms with van der Waals surface area (Å²) in [5.41, 5.74) is 9.29. The van der Waals surface area contributed by atoms with Crippen LogP contribution in [0.15, 0.2) is 66.0 Å². The van der Waals surface area contributed by atoms with E-state index in [4.69, 9.17) is 5.73 Å². The van der Waals surface area contributed by atoms with E-state index in [2.05, 4.69) is 10.6 Å². The maximum atomic E-state index is 12.5. The standard InChI is InChI=1S/C22H23N3O2S/c1-15(21(26)24-14-17-6-4-16(13-23)5-7-17)18-8-10-19(11-9-18)25-22(27)20-3-2-12-28-20/h2-12,15H,13-14,23H2,1H3,(H,24,26)(H,25,27). The van der Waals surface area contributed by atoms with Gasteiger partial charge >= 0.3 is 0 Å². The van der Waals surface area contributed by atoms with E-state index >= 15 is 0 Å². The molecule has 0 fully saturated rings. The van der Waals surface area contributed by atoms with Crippen molar-refractivity contribution in [3.63, 3.8) is 0 Å². The zero-order valence-corrected chi connectivity index (χ0v) is 16.5. The molecule has 0 saturated carbocycles. The predicted molar refractivity (Wildman–Crippen MR) is 113 cm³/mol. The van der Waals surface area contributed by atoms with Gasteiger partial charge < -0.3 is 16.4 Å². The SMILES string of the molecule is CC(C(=O)NCc1ccc(CN)cc1)c1ccc(NC(=O)c2cccs2)cc1. The molecule has 0 aliphatic heterocycles. The number of nitrogens with two attached hydrogens (primary N) is 1. The summed E-state index contributed by atoms with van der Waals surface area (Å²) in [6.07, 6.45) is 0. The van der Waals surface area contributed by atoms with Gasteiger partial charge in [-0.1, -0.05) is 42.5 Å². The number of nitrogens with one attached hydrogen (secondary N) is 2. The van der Waals surface area contributed by atoms with Gasteiger partial charge in [0.05, 0.1) is 10.8 Å². The number of anilines is 1. The molecule has 0 bridgehead atoms. The van der Waals surface area contributed by atoms with Crippen molar-refractivity contribution in [1.82, 2.24) is 5.32 Å². The summed E-state index contributed by atoms with van der Waals surface area (Å²) >= 11 is 1.40. The molecule has 3 rings (SSSR count). The first-order chi connectivity index (χ1) is 13.6. The normalized spacial score (nSPS) is 11.6. The van der Waals surface area contributed by atoms with E-state index in [1.54, 1.807) is 6.07 Å². The Balaban J connectivity index is 1.54. The van der Waals surface area contributed by atoms with E-state index in [9.17, 15) is 9.59 Å². The van der Waals surface area contributed by atoms with Crippen molar-refractivity contribution in [3.8, 4) is 0 Å². The number of thiophene rings is 1. The van der Waals surface area contributed by atoms with Gasteiger partial charge in [0.15, 0.2) is 0 Å². The fourth-order valence-corrected chi connectivity index (χ4v) is 3.36. The summed E-state index contributed by atoms with van der Waals surface area (Å²) in [6.45, 7) is 2.85. The summed E-state index contributed by atoms with van der Waals surface area (Å²) in [7, 11) is 0. The molecule has 1 aromatic heterocycles. The van der Waals surface area contributed by atoms with E-state index in [1.165, 1.54) is 11.3 Å². The lowest BCUT2D eigenvalue weighted by Crippen LogP contribution is -2.27. The summed E-state index contributed by atoms with van der Waals surface area (Å²) in [5, 5.41) is 7.69.